The van der Waals surface area contributed by atoms with Crippen molar-refractivity contribution in [2.45, 2.75) is 0 Å². The summed E-state index contributed by atoms with van der Waals surface area (Å²) >= 11 is 1.86. The van der Waals surface area contributed by atoms with E-state index in [-0.39, 0.29) is 0 Å². The molecule has 0 aliphatic rings. The van der Waals surface area contributed by atoms with E-state index in [0.717, 1.165) is 44.4 Å². The fourth-order valence-electron chi connectivity index (χ4n) is 8.39. The largest absolute Gasteiger partial charge is 0.291 e. The van der Waals surface area contributed by atoms with Crippen LogP contribution in [0.15, 0.2) is 164 Å². The third kappa shape index (κ3) is 3.95. The average molecular weight is 678 g/mol. The molecule has 0 radical (unpaired) electrons. The predicted molar refractivity (Wildman–Crippen MR) is 222 cm³/mol. The summed E-state index contributed by atoms with van der Waals surface area (Å²) in [5.41, 5.74) is 8.78. The van der Waals surface area contributed by atoms with Crippen molar-refractivity contribution >= 4 is 102 Å². The molecule has 0 amide bonds. The van der Waals surface area contributed by atoms with Crippen LogP contribution in [0, 0.1) is 0 Å². The Hall–Kier alpha value is -6.62. The summed E-state index contributed by atoms with van der Waals surface area (Å²) in [6.07, 6.45) is 1.98. The molecule has 8 aromatic carbocycles. The maximum absolute atomic E-state index is 5.52. The smallest absolute Gasteiger partial charge is 0.156 e. The Morgan fingerprint density at radius 1 is 0.423 bits per heavy atom. The summed E-state index contributed by atoms with van der Waals surface area (Å²) in [6.45, 7) is 0. The monoisotopic (exact) mass is 677 g/mol. The van der Waals surface area contributed by atoms with Gasteiger partial charge in [0.05, 0.1) is 26.9 Å². The fraction of sp³-hybridized carbons (Fsp3) is 0. The highest BCUT2D eigenvalue weighted by Crippen LogP contribution is 2.44. The van der Waals surface area contributed by atoms with Crippen LogP contribution < -0.4 is 0 Å². The Bertz CT molecular complexity index is 3460. The summed E-state index contributed by atoms with van der Waals surface area (Å²) in [5.74, 6) is 0. The van der Waals surface area contributed by atoms with E-state index in [1.54, 1.807) is 0 Å². The van der Waals surface area contributed by atoms with Crippen LogP contribution in [-0.2, 0) is 0 Å². The number of rotatable bonds is 2. The van der Waals surface area contributed by atoms with Crippen molar-refractivity contribution in [3.05, 3.63) is 164 Å². The molecular weight excluding hydrogens is 651 g/mol. The summed E-state index contributed by atoms with van der Waals surface area (Å²) in [6, 6.07) is 57.5. The van der Waals surface area contributed by atoms with Crippen molar-refractivity contribution in [3.63, 3.8) is 0 Å². The first kappa shape index (κ1) is 28.1. The minimum absolute atomic E-state index is 1.00. The minimum Gasteiger partial charge on any atom is -0.291 e. The molecule has 0 atom stereocenters. The van der Waals surface area contributed by atoms with Crippen molar-refractivity contribution < 1.29 is 0 Å². The Kier molecular flexibility index (Phi) is 5.65. The zero-order valence-electron chi connectivity index (χ0n) is 27.8. The molecule has 0 saturated carbocycles. The number of fused-ring (bicyclic) bond motifs is 15. The van der Waals surface area contributed by atoms with E-state index < -0.39 is 0 Å². The van der Waals surface area contributed by atoms with Gasteiger partial charge in [-0.15, -0.1) is 11.3 Å². The van der Waals surface area contributed by atoms with E-state index in [4.69, 9.17) is 9.97 Å². The van der Waals surface area contributed by atoms with Gasteiger partial charge in [0.15, 0.2) is 5.65 Å². The minimum atomic E-state index is 1.00. The van der Waals surface area contributed by atoms with E-state index in [1.165, 1.54) is 68.8 Å². The molecule has 0 bridgehead atoms. The SMILES string of the molecule is c1ccc2cc3c(ccc4c3nc3c5sc6c7ccccc7ccc6c5cc(-c5ccc(-c6ccc7c(c6)ncc6ccccc67)cc5)n43)cc2c1. The topological polar surface area (TPSA) is 30.2 Å². The van der Waals surface area contributed by atoms with Crippen LogP contribution in [-0.4, -0.2) is 14.4 Å². The van der Waals surface area contributed by atoms with Crippen molar-refractivity contribution in [1.82, 2.24) is 14.4 Å². The van der Waals surface area contributed by atoms with Crippen LogP contribution in [0.25, 0.3) is 113 Å². The molecule has 12 rings (SSSR count). The molecule has 4 heteroatoms. The zero-order valence-corrected chi connectivity index (χ0v) is 28.7. The Morgan fingerprint density at radius 2 is 1.12 bits per heavy atom. The second-order valence-electron chi connectivity index (χ2n) is 13.8. The molecule has 0 fully saturated rings. The van der Waals surface area contributed by atoms with E-state index in [2.05, 4.69) is 162 Å². The Morgan fingerprint density at radius 3 is 1.98 bits per heavy atom. The van der Waals surface area contributed by atoms with Gasteiger partial charge in [0.2, 0.25) is 0 Å². The first-order valence-corrected chi connectivity index (χ1v) is 18.5. The van der Waals surface area contributed by atoms with E-state index in [9.17, 15) is 0 Å². The van der Waals surface area contributed by atoms with Crippen LogP contribution in [0.4, 0.5) is 0 Å². The maximum Gasteiger partial charge on any atom is 0.156 e. The van der Waals surface area contributed by atoms with Gasteiger partial charge in [-0.25, -0.2) is 4.98 Å². The van der Waals surface area contributed by atoms with E-state index in [0.29, 0.717) is 0 Å². The quantitative estimate of drug-likeness (QED) is 0.135. The third-order valence-corrected chi connectivity index (χ3v) is 12.2. The predicted octanol–water partition coefficient (Wildman–Crippen LogP) is 13.4. The third-order valence-electron chi connectivity index (χ3n) is 11.0. The second-order valence-corrected chi connectivity index (χ2v) is 14.8. The molecule has 52 heavy (non-hydrogen) atoms. The van der Waals surface area contributed by atoms with Crippen LogP contribution in [0.5, 0.6) is 0 Å². The standard InChI is InChI=1S/C48H27N3S/c1-2-9-32-24-40-34(23-31(32)8-1)19-22-43-45(40)50-48-47-41(39-21-17-29-7-3-6-12-37(29)46(39)52-47)26-44(51(43)48)30-15-13-28(14-16-30)33-18-20-38-36-11-5-4-10-35(36)27-49-42(38)25-33/h1-27H. The lowest BCUT2D eigenvalue weighted by Crippen LogP contribution is -1.93. The number of hydrogen-bond acceptors (Lipinski definition) is 3. The molecule has 0 spiro atoms. The van der Waals surface area contributed by atoms with Gasteiger partial charge >= 0.3 is 0 Å². The van der Waals surface area contributed by atoms with Gasteiger partial charge in [-0.1, -0.05) is 127 Å². The average Bonchev–Trinajstić information content (AvgIpc) is 3.79. The van der Waals surface area contributed by atoms with Crippen molar-refractivity contribution in [2.75, 3.05) is 0 Å². The van der Waals surface area contributed by atoms with Crippen LogP contribution in [0.2, 0.25) is 0 Å². The highest BCUT2D eigenvalue weighted by atomic mass is 32.1. The molecule has 12 aromatic rings. The molecule has 0 aliphatic carbocycles. The number of pyridine rings is 2. The molecule has 3 nitrogen and oxygen atoms in total. The molecule has 4 aromatic heterocycles. The Labute approximate surface area is 301 Å². The summed E-state index contributed by atoms with van der Waals surface area (Å²) in [4.78, 5) is 10.3. The summed E-state index contributed by atoms with van der Waals surface area (Å²) in [5, 5.41) is 13.5. The number of imidazole rings is 1. The van der Waals surface area contributed by atoms with Crippen LogP contribution in [0.1, 0.15) is 0 Å². The van der Waals surface area contributed by atoms with Gasteiger partial charge in [-0.3, -0.25) is 9.38 Å². The summed E-state index contributed by atoms with van der Waals surface area (Å²) in [7, 11) is 0. The summed E-state index contributed by atoms with van der Waals surface area (Å²) < 4.78 is 4.92. The molecular formula is C48H27N3S. The lowest BCUT2D eigenvalue weighted by molar-refractivity contribution is 1.25. The number of aromatic nitrogens is 3. The van der Waals surface area contributed by atoms with Gasteiger partial charge in [0.25, 0.3) is 0 Å². The molecule has 0 saturated heterocycles. The number of thiophene rings is 1. The molecule has 240 valence electrons. The number of hydrogen-bond donors (Lipinski definition) is 0. The lowest BCUT2D eigenvalue weighted by Gasteiger charge is -2.11. The fourth-order valence-corrected chi connectivity index (χ4v) is 9.69. The van der Waals surface area contributed by atoms with Crippen LogP contribution in [0.3, 0.4) is 0 Å². The normalized spacial score (nSPS) is 12.2. The van der Waals surface area contributed by atoms with Gasteiger partial charge in [-0.2, -0.15) is 0 Å². The van der Waals surface area contributed by atoms with Gasteiger partial charge < -0.3 is 0 Å². The maximum atomic E-state index is 5.52. The Balaban J connectivity index is 1.11. The van der Waals surface area contributed by atoms with Crippen molar-refractivity contribution in [1.29, 1.82) is 0 Å². The van der Waals surface area contributed by atoms with E-state index >= 15 is 0 Å². The molecule has 0 aliphatic heterocycles. The van der Waals surface area contributed by atoms with Gasteiger partial charge in [-0.05, 0) is 79.3 Å². The van der Waals surface area contributed by atoms with Crippen molar-refractivity contribution in [3.8, 4) is 22.4 Å². The zero-order chi connectivity index (χ0) is 33.9. The molecule has 0 N–H and O–H groups in total. The number of nitrogens with zero attached hydrogens (tertiary/aromatic N) is 3. The van der Waals surface area contributed by atoms with E-state index in [1.807, 2.05) is 17.5 Å². The lowest BCUT2D eigenvalue weighted by atomic mass is 9.99. The molecule has 0 unspecified atom stereocenters. The van der Waals surface area contributed by atoms with Gasteiger partial charge in [0, 0.05) is 37.8 Å². The second kappa shape index (κ2) is 10.5. The van der Waals surface area contributed by atoms with Crippen molar-refractivity contribution in [2.24, 2.45) is 0 Å². The highest BCUT2D eigenvalue weighted by molar-refractivity contribution is 7.27. The molecule has 4 heterocycles. The number of benzene rings is 8. The first-order valence-electron chi connectivity index (χ1n) is 17.6. The van der Waals surface area contributed by atoms with Gasteiger partial charge in [0.1, 0.15) is 0 Å². The first-order chi connectivity index (χ1) is 25.7. The highest BCUT2D eigenvalue weighted by Gasteiger charge is 2.20. The van der Waals surface area contributed by atoms with Crippen LogP contribution >= 0.6 is 11.3 Å².